The molecule has 0 fully saturated rings. The molecule has 0 radical (unpaired) electrons. The van der Waals surface area contributed by atoms with Crippen LogP contribution in [-0.2, 0) is 4.79 Å². The molecule has 2 rings (SSSR count). The van der Waals surface area contributed by atoms with Crippen molar-refractivity contribution < 1.29 is 9.53 Å². The third-order valence-electron chi connectivity index (χ3n) is 2.31. The number of rotatable bonds is 3. The van der Waals surface area contributed by atoms with E-state index < -0.39 is 0 Å². The predicted octanol–water partition coefficient (Wildman–Crippen LogP) is 2.62. The summed E-state index contributed by atoms with van der Waals surface area (Å²) >= 11 is 1.26. The molecule has 0 aromatic heterocycles. The highest BCUT2D eigenvalue weighted by Gasteiger charge is 2.21. The first-order valence-electron chi connectivity index (χ1n) is 5.25. The Morgan fingerprint density at radius 3 is 2.78 bits per heavy atom. The van der Waals surface area contributed by atoms with Gasteiger partial charge in [0.05, 0.1) is 29.5 Å². The molecule has 0 aliphatic carbocycles. The van der Waals surface area contributed by atoms with Crippen molar-refractivity contribution in [2.24, 2.45) is 4.99 Å². The molecule has 18 heavy (non-hydrogen) atoms. The first kappa shape index (κ1) is 12.4. The maximum absolute atomic E-state index is 11.6. The van der Waals surface area contributed by atoms with E-state index in [2.05, 4.69) is 4.99 Å². The number of ether oxygens (including phenoxy) is 1. The van der Waals surface area contributed by atoms with Crippen LogP contribution in [0.5, 0.6) is 5.75 Å². The number of hydrogen-bond donors (Lipinski definition) is 0. The topological polar surface area (TPSA) is 62.4 Å². The van der Waals surface area contributed by atoms with Crippen molar-refractivity contribution in [3.8, 4) is 11.8 Å². The standard InChI is InChI=1S/C13H10N2O2S/c1-17-10-4-2-9(3-5-10)8-11-13(16)15-12(18-11)6-7-14/h2-5,8H,6H2,1H3/b11-8-. The quantitative estimate of drug-likeness (QED) is 0.782. The Bertz CT molecular complexity index is 568. The van der Waals surface area contributed by atoms with Crippen LogP contribution in [0.2, 0.25) is 0 Å². The van der Waals surface area contributed by atoms with Crippen LogP contribution in [0.4, 0.5) is 0 Å². The summed E-state index contributed by atoms with van der Waals surface area (Å²) in [6.07, 6.45) is 1.94. The molecule has 1 aliphatic heterocycles. The van der Waals surface area contributed by atoms with Gasteiger partial charge in [0.2, 0.25) is 0 Å². The second-order valence-corrected chi connectivity index (χ2v) is 4.64. The maximum atomic E-state index is 11.6. The Morgan fingerprint density at radius 1 is 1.44 bits per heavy atom. The molecule has 1 amide bonds. The van der Waals surface area contributed by atoms with E-state index in [-0.39, 0.29) is 12.3 Å². The number of carbonyl (C=O) groups is 1. The zero-order valence-electron chi connectivity index (χ0n) is 9.71. The second-order valence-electron chi connectivity index (χ2n) is 3.53. The smallest absolute Gasteiger partial charge is 0.284 e. The molecule has 0 saturated heterocycles. The summed E-state index contributed by atoms with van der Waals surface area (Å²) < 4.78 is 5.06. The van der Waals surface area contributed by atoms with Crippen LogP contribution in [0, 0.1) is 11.3 Å². The second kappa shape index (κ2) is 5.52. The molecule has 1 aliphatic rings. The Morgan fingerprint density at radius 2 is 2.17 bits per heavy atom. The number of methoxy groups -OCH3 is 1. The zero-order valence-corrected chi connectivity index (χ0v) is 10.5. The molecule has 1 aromatic carbocycles. The molecule has 1 heterocycles. The summed E-state index contributed by atoms with van der Waals surface area (Å²) in [4.78, 5) is 15.9. The van der Waals surface area contributed by atoms with E-state index >= 15 is 0 Å². The van der Waals surface area contributed by atoms with Gasteiger partial charge < -0.3 is 4.74 Å². The van der Waals surface area contributed by atoms with Crippen molar-refractivity contribution in [3.05, 3.63) is 34.7 Å². The van der Waals surface area contributed by atoms with Crippen molar-refractivity contribution in [3.63, 3.8) is 0 Å². The molecule has 0 bridgehead atoms. The van der Waals surface area contributed by atoms with E-state index in [1.165, 1.54) is 11.8 Å². The van der Waals surface area contributed by atoms with Crippen LogP contribution in [0.25, 0.3) is 6.08 Å². The van der Waals surface area contributed by atoms with Crippen LogP contribution >= 0.6 is 11.8 Å². The monoisotopic (exact) mass is 258 g/mol. The fraction of sp³-hybridized carbons (Fsp3) is 0.154. The zero-order chi connectivity index (χ0) is 13.0. The van der Waals surface area contributed by atoms with Gasteiger partial charge in [-0.15, -0.1) is 0 Å². The lowest BCUT2D eigenvalue weighted by atomic mass is 10.2. The molecule has 0 N–H and O–H groups in total. The number of nitriles is 1. The summed E-state index contributed by atoms with van der Waals surface area (Å²) in [5, 5.41) is 9.12. The first-order valence-corrected chi connectivity index (χ1v) is 6.07. The number of hydrogen-bond acceptors (Lipinski definition) is 4. The summed E-state index contributed by atoms with van der Waals surface area (Å²) in [7, 11) is 1.60. The number of amides is 1. The van der Waals surface area contributed by atoms with Gasteiger partial charge in [0.25, 0.3) is 5.91 Å². The van der Waals surface area contributed by atoms with Gasteiger partial charge in [-0.1, -0.05) is 23.9 Å². The normalized spacial score (nSPS) is 16.6. The van der Waals surface area contributed by atoms with E-state index in [1.54, 1.807) is 13.2 Å². The Hall–Kier alpha value is -2.06. The largest absolute Gasteiger partial charge is 0.497 e. The van der Waals surface area contributed by atoms with Gasteiger partial charge in [0, 0.05) is 0 Å². The Labute approximate surface area is 109 Å². The lowest BCUT2D eigenvalue weighted by Gasteiger charge is -2.00. The van der Waals surface area contributed by atoms with Crippen LogP contribution in [0.15, 0.2) is 34.2 Å². The van der Waals surface area contributed by atoms with Crippen LogP contribution in [0.3, 0.4) is 0 Å². The first-order chi connectivity index (χ1) is 8.72. The maximum Gasteiger partial charge on any atom is 0.284 e. The lowest BCUT2D eigenvalue weighted by Crippen LogP contribution is -1.88. The highest BCUT2D eigenvalue weighted by molar-refractivity contribution is 8.18. The van der Waals surface area contributed by atoms with E-state index in [9.17, 15) is 4.79 Å². The Balaban J connectivity index is 2.15. The Kier molecular flexibility index (Phi) is 3.80. The van der Waals surface area contributed by atoms with Crippen molar-refractivity contribution in [2.75, 3.05) is 7.11 Å². The number of nitrogens with zero attached hydrogens (tertiary/aromatic N) is 2. The van der Waals surface area contributed by atoms with Gasteiger partial charge in [-0.2, -0.15) is 5.26 Å². The molecule has 90 valence electrons. The van der Waals surface area contributed by atoms with E-state index in [0.717, 1.165) is 11.3 Å². The number of benzene rings is 1. The molecule has 0 spiro atoms. The highest BCUT2D eigenvalue weighted by Crippen LogP contribution is 2.29. The van der Waals surface area contributed by atoms with Gasteiger partial charge in [-0.25, -0.2) is 4.99 Å². The predicted molar refractivity (Wildman–Crippen MR) is 71.2 cm³/mol. The minimum absolute atomic E-state index is 0.177. The van der Waals surface area contributed by atoms with Crippen LogP contribution in [0.1, 0.15) is 12.0 Å². The van der Waals surface area contributed by atoms with Gasteiger partial charge in [0.15, 0.2) is 0 Å². The minimum Gasteiger partial charge on any atom is -0.497 e. The minimum atomic E-state index is -0.277. The van der Waals surface area contributed by atoms with Gasteiger partial charge in [0.1, 0.15) is 5.75 Å². The molecule has 4 nitrogen and oxygen atoms in total. The number of carbonyl (C=O) groups excluding carboxylic acids is 1. The van der Waals surface area contributed by atoms with Crippen LogP contribution < -0.4 is 4.74 Å². The number of thioether (sulfide) groups is 1. The summed E-state index contributed by atoms with van der Waals surface area (Å²) in [5.41, 5.74) is 0.903. The molecular weight excluding hydrogens is 248 g/mol. The highest BCUT2D eigenvalue weighted by atomic mass is 32.2. The van der Waals surface area contributed by atoms with Gasteiger partial charge >= 0.3 is 0 Å². The van der Waals surface area contributed by atoms with E-state index in [4.69, 9.17) is 10.00 Å². The summed E-state index contributed by atoms with van der Waals surface area (Å²) in [6, 6.07) is 9.36. The average molecular weight is 258 g/mol. The van der Waals surface area contributed by atoms with Crippen molar-refractivity contribution in [1.82, 2.24) is 0 Å². The van der Waals surface area contributed by atoms with Crippen molar-refractivity contribution in [1.29, 1.82) is 5.26 Å². The van der Waals surface area contributed by atoms with Crippen LogP contribution in [-0.4, -0.2) is 18.1 Å². The van der Waals surface area contributed by atoms with Gasteiger partial charge in [-0.05, 0) is 23.8 Å². The van der Waals surface area contributed by atoms with Gasteiger partial charge in [-0.3, -0.25) is 4.79 Å². The van der Waals surface area contributed by atoms with E-state index in [1.807, 2.05) is 30.3 Å². The molecule has 0 saturated carbocycles. The molecule has 0 unspecified atom stereocenters. The number of aliphatic imine (C=N–C) groups is 1. The molecular formula is C13H10N2O2S. The fourth-order valence-corrected chi connectivity index (χ4v) is 2.29. The lowest BCUT2D eigenvalue weighted by molar-refractivity contribution is -0.113. The molecule has 5 heteroatoms. The van der Waals surface area contributed by atoms with Crippen molar-refractivity contribution in [2.45, 2.75) is 6.42 Å². The third-order valence-corrected chi connectivity index (χ3v) is 3.29. The SMILES string of the molecule is COc1ccc(/C=C2\SC(CC#N)=NC2=O)cc1. The third kappa shape index (κ3) is 2.79. The molecule has 0 atom stereocenters. The molecule has 1 aromatic rings. The fourth-order valence-electron chi connectivity index (χ4n) is 1.45. The average Bonchev–Trinajstić information content (AvgIpc) is 2.71. The summed E-state index contributed by atoms with van der Waals surface area (Å²) in [6.45, 7) is 0. The van der Waals surface area contributed by atoms with Crippen molar-refractivity contribution >= 4 is 28.8 Å². The summed E-state index contributed by atoms with van der Waals surface area (Å²) in [5.74, 6) is 0.491. The van der Waals surface area contributed by atoms with E-state index in [0.29, 0.717) is 9.95 Å².